The monoisotopic (exact) mass is 262 g/mol. The number of rotatable bonds is 3. The lowest BCUT2D eigenvalue weighted by atomic mass is 10.1. The van der Waals surface area contributed by atoms with Crippen LogP contribution in [-0.2, 0) is 4.74 Å². The number of aliphatic hydroxyl groups is 1. The van der Waals surface area contributed by atoms with Crippen molar-refractivity contribution in [1.29, 1.82) is 0 Å². The molecule has 0 aromatic carbocycles. The summed E-state index contributed by atoms with van der Waals surface area (Å²) in [6.45, 7) is -0.218. The van der Waals surface area contributed by atoms with Gasteiger partial charge < -0.3 is 15.6 Å². The Hall–Kier alpha value is -2.42. The Bertz CT molecular complexity index is 663. The first-order chi connectivity index (χ1) is 9.26. The van der Waals surface area contributed by atoms with Gasteiger partial charge in [-0.15, -0.1) is 0 Å². The summed E-state index contributed by atoms with van der Waals surface area (Å²) in [5.41, 5.74) is 15.2. The lowest BCUT2D eigenvalue weighted by Crippen LogP contribution is -2.50. The molecule has 98 valence electrons. The van der Waals surface area contributed by atoms with Gasteiger partial charge in [0.05, 0.1) is 19.0 Å². The highest BCUT2D eigenvalue weighted by molar-refractivity contribution is 5.81. The van der Waals surface area contributed by atoms with Gasteiger partial charge in [0.15, 0.2) is 11.5 Å². The predicted molar refractivity (Wildman–Crippen MR) is 63.7 cm³/mol. The number of nitrogens with two attached hydrogens (primary N) is 1. The minimum Gasteiger partial charge on any atom is -0.394 e. The van der Waals surface area contributed by atoms with Crippen LogP contribution in [0.4, 0.5) is 5.82 Å². The summed E-state index contributed by atoms with van der Waals surface area (Å²) in [5, 5.41) is 12.7. The molecule has 1 saturated heterocycles. The normalized spacial score (nSPS) is 25.8. The molecule has 3 rings (SSSR count). The minimum absolute atomic E-state index is 0.218. The molecule has 3 N–H and O–H groups in total. The summed E-state index contributed by atoms with van der Waals surface area (Å²) in [7, 11) is 0. The number of hydrogen-bond acceptors (Lipinski definition) is 7. The molecule has 0 amide bonds. The fraction of sp³-hybridized carbons (Fsp3) is 0.444. The number of aliphatic hydroxyl groups excluding tert-OH is 1. The van der Waals surface area contributed by atoms with Gasteiger partial charge in [-0.25, -0.2) is 15.0 Å². The van der Waals surface area contributed by atoms with Gasteiger partial charge in [0.1, 0.15) is 24.1 Å². The van der Waals surface area contributed by atoms with Crippen molar-refractivity contribution in [3.05, 3.63) is 23.1 Å². The Morgan fingerprint density at radius 1 is 1.53 bits per heavy atom. The standard InChI is InChI=1S/C9H10N8O2/c10-7-6-8(13-2-12-7)17(3-14-6)9-5(15-16-11)4(1-18)19-9/h2-5,9,18H,1H2,(H2,10,12,13)/t4-,5-,9-/m1/s1. The van der Waals surface area contributed by atoms with E-state index in [2.05, 4.69) is 25.0 Å². The molecule has 10 heteroatoms. The highest BCUT2D eigenvalue weighted by Gasteiger charge is 2.43. The molecule has 3 heterocycles. The maximum absolute atomic E-state index is 9.08. The summed E-state index contributed by atoms with van der Waals surface area (Å²) in [6.07, 6.45) is 1.75. The predicted octanol–water partition coefficient (Wildman–Crippen LogP) is -0.0229. The molecule has 0 radical (unpaired) electrons. The van der Waals surface area contributed by atoms with E-state index in [0.29, 0.717) is 11.2 Å². The number of ether oxygens (including phenoxy) is 1. The summed E-state index contributed by atoms with van der Waals surface area (Å²) in [5.74, 6) is 0.266. The Balaban J connectivity index is 2.01. The Morgan fingerprint density at radius 2 is 2.37 bits per heavy atom. The van der Waals surface area contributed by atoms with Crippen molar-refractivity contribution < 1.29 is 9.84 Å². The maximum atomic E-state index is 9.08. The summed E-state index contributed by atoms with van der Waals surface area (Å²) in [6, 6.07) is -0.511. The molecule has 2 aromatic rings. The van der Waals surface area contributed by atoms with Gasteiger partial charge in [-0.3, -0.25) is 4.57 Å². The van der Waals surface area contributed by atoms with Crippen LogP contribution < -0.4 is 5.73 Å². The number of nitrogens with zero attached hydrogens (tertiary/aromatic N) is 7. The number of azide groups is 1. The molecule has 0 spiro atoms. The average molecular weight is 262 g/mol. The topological polar surface area (TPSA) is 148 Å². The van der Waals surface area contributed by atoms with Crippen LogP contribution in [0.15, 0.2) is 17.8 Å². The van der Waals surface area contributed by atoms with E-state index in [1.807, 2.05) is 0 Å². The summed E-state index contributed by atoms with van der Waals surface area (Å²) < 4.78 is 7.06. The third-order valence-corrected chi connectivity index (χ3v) is 3.01. The van der Waals surface area contributed by atoms with Crippen LogP contribution in [-0.4, -0.2) is 43.4 Å². The average Bonchev–Trinajstić information content (AvgIpc) is 2.81. The van der Waals surface area contributed by atoms with Crippen molar-refractivity contribution in [2.24, 2.45) is 5.11 Å². The van der Waals surface area contributed by atoms with E-state index in [1.165, 1.54) is 12.7 Å². The van der Waals surface area contributed by atoms with Crippen LogP contribution in [0.1, 0.15) is 6.23 Å². The molecule has 19 heavy (non-hydrogen) atoms. The van der Waals surface area contributed by atoms with Crippen molar-refractivity contribution in [2.45, 2.75) is 18.4 Å². The van der Waals surface area contributed by atoms with Crippen LogP contribution in [0.5, 0.6) is 0 Å². The minimum atomic E-state index is -0.549. The fourth-order valence-corrected chi connectivity index (χ4v) is 2.06. The zero-order valence-corrected chi connectivity index (χ0v) is 9.66. The van der Waals surface area contributed by atoms with E-state index in [0.717, 1.165) is 0 Å². The smallest absolute Gasteiger partial charge is 0.167 e. The van der Waals surface area contributed by atoms with Crippen molar-refractivity contribution >= 4 is 17.0 Å². The molecule has 0 unspecified atom stereocenters. The van der Waals surface area contributed by atoms with E-state index >= 15 is 0 Å². The third kappa shape index (κ3) is 1.66. The molecule has 10 nitrogen and oxygen atoms in total. The van der Waals surface area contributed by atoms with E-state index < -0.39 is 18.4 Å². The van der Waals surface area contributed by atoms with Crippen LogP contribution in [0.25, 0.3) is 21.6 Å². The number of anilines is 1. The molecule has 2 aromatic heterocycles. The highest BCUT2D eigenvalue weighted by Crippen LogP contribution is 2.35. The van der Waals surface area contributed by atoms with Gasteiger partial charge in [-0.2, -0.15) is 0 Å². The van der Waals surface area contributed by atoms with Gasteiger partial charge in [0, 0.05) is 4.91 Å². The molecule has 1 aliphatic heterocycles. The second-order valence-electron chi connectivity index (χ2n) is 4.03. The van der Waals surface area contributed by atoms with Crippen LogP contribution in [0.3, 0.4) is 0 Å². The second kappa shape index (κ2) is 4.35. The molecule has 1 fully saturated rings. The lowest BCUT2D eigenvalue weighted by molar-refractivity contribution is -0.196. The molecular formula is C9H10N8O2. The fourth-order valence-electron chi connectivity index (χ4n) is 2.06. The lowest BCUT2D eigenvalue weighted by Gasteiger charge is -2.41. The maximum Gasteiger partial charge on any atom is 0.167 e. The zero-order valence-electron chi connectivity index (χ0n) is 9.66. The molecule has 0 saturated carbocycles. The molecule has 0 bridgehead atoms. The number of fused-ring (bicyclic) bond motifs is 1. The van der Waals surface area contributed by atoms with Gasteiger partial charge in [0.25, 0.3) is 0 Å². The first-order valence-electron chi connectivity index (χ1n) is 5.49. The zero-order chi connectivity index (χ0) is 13.4. The van der Waals surface area contributed by atoms with Crippen LogP contribution in [0.2, 0.25) is 0 Å². The highest BCUT2D eigenvalue weighted by atomic mass is 16.6. The SMILES string of the molecule is [N-]=[N+]=N[C@H]1[C@H](n2cnc3c(N)ncnc32)O[C@@H]1CO. The van der Waals surface area contributed by atoms with Gasteiger partial charge in [0.2, 0.25) is 0 Å². The molecule has 1 aliphatic rings. The van der Waals surface area contributed by atoms with Gasteiger partial charge in [-0.05, 0) is 5.53 Å². The van der Waals surface area contributed by atoms with Crippen LogP contribution >= 0.6 is 0 Å². The number of aromatic nitrogens is 4. The first kappa shape index (κ1) is 11.7. The number of hydrogen-bond donors (Lipinski definition) is 2. The molecule has 0 aliphatic carbocycles. The van der Waals surface area contributed by atoms with Crippen molar-refractivity contribution in [1.82, 2.24) is 19.5 Å². The number of nitrogen functional groups attached to an aromatic ring is 1. The first-order valence-corrected chi connectivity index (χ1v) is 5.49. The van der Waals surface area contributed by atoms with E-state index in [1.54, 1.807) is 4.57 Å². The van der Waals surface area contributed by atoms with Gasteiger partial charge >= 0.3 is 0 Å². The quantitative estimate of drug-likeness (QED) is 0.451. The van der Waals surface area contributed by atoms with E-state index in [9.17, 15) is 0 Å². The Labute approximate surface area is 106 Å². The Kier molecular flexibility index (Phi) is 2.67. The third-order valence-electron chi connectivity index (χ3n) is 3.01. The Morgan fingerprint density at radius 3 is 3.11 bits per heavy atom. The van der Waals surface area contributed by atoms with Crippen molar-refractivity contribution in [3.8, 4) is 0 Å². The molecular weight excluding hydrogens is 252 g/mol. The molecule has 3 atom stereocenters. The summed E-state index contributed by atoms with van der Waals surface area (Å²) >= 11 is 0. The second-order valence-corrected chi connectivity index (χ2v) is 4.03. The van der Waals surface area contributed by atoms with Crippen molar-refractivity contribution in [2.75, 3.05) is 12.3 Å². The van der Waals surface area contributed by atoms with Gasteiger partial charge in [-0.1, -0.05) is 5.11 Å². The summed E-state index contributed by atoms with van der Waals surface area (Å²) in [4.78, 5) is 14.8. The number of imidazole rings is 1. The largest absolute Gasteiger partial charge is 0.394 e. The van der Waals surface area contributed by atoms with E-state index in [-0.39, 0.29) is 12.4 Å². The van der Waals surface area contributed by atoms with Crippen LogP contribution in [0, 0.1) is 0 Å². The van der Waals surface area contributed by atoms with E-state index in [4.69, 9.17) is 21.1 Å². The van der Waals surface area contributed by atoms with Crippen molar-refractivity contribution in [3.63, 3.8) is 0 Å².